The van der Waals surface area contributed by atoms with Gasteiger partial charge in [-0.3, -0.25) is 4.79 Å². The number of aromatic nitrogens is 5. The van der Waals surface area contributed by atoms with Crippen LogP contribution in [0.1, 0.15) is 34.1 Å². The van der Waals surface area contributed by atoms with Gasteiger partial charge in [0, 0.05) is 24.6 Å². The molecule has 140 valence electrons. The minimum atomic E-state index is 0.0640. The second-order valence-corrected chi connectivity index (χ2v) is 7.97. The molecule has 3 heterocycles. The molecule has 1 amide bonds. The molecule has 0 unspecified atom stereocenters. The molecular weight excluding hydrogens is 372 g/mol. The number of hydrogen-bond acceptors (Lipinski definition) is 6. The summed E-state index contributed by atoms with van der Waals surface area (Å²) in [6.45, 7) is 1.50. The quantitative estimate of drug-likeness (QED) is 0.536. The van der Waals surface area contributed by atoms with E-state index in [1.807, 2.05) is 47.4 Å². The fourth-order valence-electron chi connectivity index (χ4n) is 3.65. The largest absolute Gasteiger partial charge is 0.338 e. The Morgan fingerprint density at radius 2 is 1.96 bits per heavy atom. The lowest BCUT2D eigenvalue weighted by molar-refractivity contribution is 0.0707. The fourth-order valence-corrected chi connectivity index (χ4v) is 4.74. The number of amides is 1. The Bertz CT molecular complexity index is 1070. The number of para-hydroxylation sites is 1. The maximum absolute atomic E-state index is 13.0. The van der Waals surface area contributed by atoms with Gasteiger partial charge in [-0.2, -0.15) is 0 Å². The summed E-state index contributed by atoms with van der Waals surface area (Å²) in [5.74, 6) is 0.365. The maximum atomic E-state index is 13.0. The lowest BCUT2D eigenvalue weighted by atomic mass is 9.98. The topological polar surface area (TPSA) is 76.8 Å². The predicted octanol–water partition coefficient (Wildman–Crippen LogP) is 3.29. The molecule has 28 heavy (non-hydrogen) atoms. The molecule has 1 fully saturated rings. The van der Waals surface area contributed by atoms with Crippen LogP contribution >= 0.6 is 11.3 Å². The molecule has 8 heteroatoms. The van der Waals surface area contributed by atoms with Gasteiger partial charge < -0.3 is 4.90 Å². The lowest BCUT2D eigenvalue weighted by Crippen LogP contribution is -2.39. The minimum Gasteiger partial charge on any atom is -0.338 e. The maximum Gasteiger partial charge on any atom is 0.253 e. The Labute approximate surface area is 165 Å². The van der Waals surface area contributed by atoms with E-state index in [9.17, 15) is 4.79 Å². The molecule has 0 N–H and O–H groups in total. The number of fused-ring (bicyclic) bond motifs is 1. The van der Waals surface area contributed by atoms with Gasteiger partial charge >= 0.3 is 0 Å². The monoisotopic (exact) mass is 390 g/mol. The summed E-state index contributed by atoms with van der Waals surface area (Å²) < 4.78 is 2.78. The van der Waals surface area contributed by atoms with Crippen LogP contribution in [0.2, 0.25) is 0 Å². The van der Waals surface area contributed by atoms with E-state index in [1.54, 1.807) is 16.0 Å². The van der Waals surface area contributed by atoms with Crippen LogP contribution in [0, 0.1) is 0 Å². The zero-order chi connectivity index (χ0) is 18.9. The lowest BCUT2D eigenvalue weighted by Gasteiger charge is -2.32. The van der Waals surface area contributed by atoms with Crippen molar-refractivity contribution in [2.45, 2.75) is 18.8 Å². The number of likely N-dealkylation sites (tertiary alicyclic amines) is 1. The first kappa shape index (κ1) is 17.0. The van der Waals surface area contributed by atoms with Crippen LogP contribution in [0.4, 0.5) is 0 Å². The Balaban J connectivity index is 1.33. The number of carbonyl (C=O) groups excluding carboxylic acids is 1. The number of carbonyl (C=O) groups is 1. The molecule has 0 spiro atoms. The molecule has 0 bridgehead atoms. The summed E-state index contributed by atoms with van der Waals surface area (Å²) in [6.07, 6.45) is 3.60. The first-order valence-corrected chi connectivity index (χ1v) is 10.1. The van der Waals surface area contributed by atoms with Crippen molar-refractivity contribution < 1.29 is 4.79 Å². The van der Waals surface area contributed by atoms with Crippen LogP contribution < -0.4 is 0 Å². The second kappa shape index (κ2) is 7.12. The average molecular weight is 390 g/mol. The van der Waals surface area contributed by atoms with Gasteiger partial charge in [-0.05, 0) is 59.7 Å². The van der Waals surface area contributed by atoms with Crippen LogP contribution in [0.5, 0.6) is 0 Å². The van der Waals surface area contributed by atoms with Crippen molar-refractivity contribution in [2.24, 2.45) is 0 Å². The van der Waals surface area contributed by atoms with Gasteiger partial charge in [0.2, 0.25) is 0 Å². The van der Waals surface area contributed by atoms with Gasteiger partial charge in [0.15, 0.2) is 0 Å². The summed E-state index contributed by atoms with van der Waals surface area (Å²) in [7, 11) is 0. The van der Waals surface area contributed by atoms with E-state index in [4.69, 9.17) is 4.98 Å². The highest BCUT2D eigenvalue weighted by Gasteiger charge is 2.27. The van der Waals surface area contributed by atoms with Crippen LogP contribution in [-0.4, -0.2) is 49.1 Å². The molecule has 5 rings (SSSR count). The van der Waals surface area contributed by atoms with Crippen molar-refractivity contribution in [1.82, 2.24) is 30.1 Å². The van der Waals surface area contributed by atoms with E-state index < -0.39 is 0 Å². The molecule has 2 aromatic carbocycles. The van der Waals surface area contributed by atoms with E-state index in [0.29, 0.717) is 18.0 Å². The summed E-state index contributed by atoms with van der Waals surface area (Å²) >= 11 is 1.74. The van der Waals surface area contributed by atoms with E-state index in [-0.39, 0.29) is 5.91 Å². The van der Waals surface area contributed by atoms with Crippen LogP contribution in [-0.2, 0) is 0 Å². The third-order valence-electron chi connectivity index (χ3n) is 5.10. The summed E-state index contributed by atoms with van der Waals surface area (Å²) in [6, 6.07) is 15.6. The molecule has 0 aliphatic carbocycles. The molecule has 1 aliphatic heterocycles. The molecular formula is C20H18N6OS. The van der Waals surface area contributed by atoms with Crippen molar-refractivity contribution in [2.75, 3.05) is 13.1 Å². The van der Waals surface area contributed by atoms with E-state index in [2.05, 4.69) is 21.6 Å². The number of rotatable bonds is 3. The Morgan fingerprint density at radius 1 is 1.11 bits per heavy atom. The average Bonchev–Trinajstić information content (AvgIpc) is 3.43. The Hall–Kier alpha value is -3.13. The Kier molecular flexibility index (Phi) is 4.32. The molecule has 2 aromatic heterocycles. The summed E-state index contributed by atoms with van der Waals surface area (Å²) in [4.78, 5) is 19.8. The highest BCUT2D eigenvalue weighted by atomic mass is 32.1. The van der Waals surface area contributed by atoms with Crippen molar-refractivity contribution in [1.29, 1.82) is 0 Å². The SMILES string of the molecule is O=C(c1ccc(-n2cnnn2)cc1)N1CCC[C@@H](c2nc3ccccc3s2)C1. The van der Waals surface area contributed by atoms with Crippen LogP contribution in [0.15, 0.2) is 54.9 Å². The smallest absolute Gasteiger partial charge is 0.253 e. The third-order valence-corrected chi connectivity index (χ3v) is 6.29. The van der Waals surface area contributed by atoms with Gasteiger partial charge in [-0.15, -0.1) is 16.4 Å². The molecule has 1 aliphatic rings. The number of thiazole rings is 1. The number of nitrogens with zero attached hydrogens (tertiary/aromatic N) is 6. The van der Waals surface area contributed by atoms with Crippen molar-refractivity contribution >= 4 is 27.5 Å². The third kappa shape index (κ3) is 3.16. The van der Waals surface area contributed by atoms with Crippen molar-refractivity contribution in [3.05, 3.63) is 65.4 Å². The number of benzene rings is 2. The van der Waals surface area contributed by atoms with E-state index in [0.717, 1.165) is 35.6 Å². The number of tetrazole rings is 1. The zero-order valence-corrected chi connectivity index (χ0v) is 15.9. The first-order valence-electron chi connectivity index (χ1n) is 9.26. The second-order valence-electron chi connectivity index (χ2n) is 6.91. The minimum absolute atomic E-state index is 0.0640. The first-order chi connectivity index (χ1) is 13.8. The Morgan fingerprint density at radius 3 is 2.75 bits per heavy atom. The molecule has 4 aromatic rings. The number of hydrogen-bond donors (Lipinski definition) is 0. The standard InChI is InChI=1S/C20H18N6OS/c27-20(14-7-9-16(10-8-14)26-13-21-23-24-26)25-11-3-4-15(12-25)19-22-17-5-1-2-6-18(17)28-19/h1-2,5-10,13,15H,3-4,11-12H2/t15-/m1/s1. The van der Waals surface area contributed by atoms with Gasteiger partial charge in [0.05, 0.1) is 20.9 Å². The van der Waals surface area contributed by atoms with E-state index in [1.165, 1.54) is 11.0 Å². The molecule has 1 saturated heterocycles. The van der Waals surface area contributed by atoms with Crippen molar-refractivity contribution in [3.8, 4) is 5.69 Å². The van der Waals surface area contributed by atoms with Crippen LogP contribution in [0.25, 0.3) is 15.9 Å². The predicted molar refractivity (Wildman–Crippen MR) is 107 cm³/mol. The molecule has 7 nitrogen and oxygen atoms in total. The van der Waals surface area contributed by atoms with Gasteiger partial charge in [-0.25, -0.2) is 9.67 Å². The number of piperidine rings is 1. The molecule has 0 saturated carbocycles. The van der Waals surface area contributed by atoms with Crippen LogP contribution in [0.3, 0.4) is 0 Å². The summed E-state index contributed by atoms with van der Waals surface area (Å²) in [5.41, 5.74) is 2.55. The van der Waals surface area contributed by atoms with Crippen molar-refractivity contribution in [3.63, 3.8) is 0 Å². The fraction of sp³-hybridized carbons (Fsp3) is 0.250. The summed E-state index contributed by atoms with van der Waals surface area (Å²) in [5, 5.41) is 12.3. The normalized spacial score (nSPS) is 17.1. The van der Waals surface area contributed by atoms with E-state index >= 15 is 0 Å². The zero-order valence-electron chi connectivity index (χ0n) is 15.1. The van der Waals surface area contributed by atoms with Gasteiger partial charge in [0.25, 0.3) is 5.91 Å². The van der Waals surface area contributed by atoms with Gasteiger partial charge in [0.1, 0.15) is 6.33 Å². The van der Waals surface area contributed by atoms with Gasteiger partial charge in [-0.1, -0.05) is 12.1 Å². The molecule has 1 atom stereocenters. The highest BCUT2D eigenvalue weighted by Crippen LogP contribution is 2.33. The molecule has 0 radical (unpaired) electrons. The highest BCUT2D eigenvalue weighted by molar-refractivity contribution is 7.18.